The topological polar surface area (TPSA) is 83.1 Å². The van der Waals surface area contributed by atoms with Gasteiger partial charge < -0.3 is 0 Å². The highest BCUT2D eigenvalue weighted by atomic mass is 32.2. The van der Waals surface area contributed by atoms with Gasteiger partial charge in [0.1, 0.15) is 0 Å². The monoisotopic (exact) mass is 307 g/mol. The minimum Gasteiger partial charge on any atom is -0.292 e. The number of carbonyl (C=O) groups excluding carboxylic acids is 2. The van der Waals surface area contributed by atoms with Crippen molar-refractivity contribution in [2.75, 3.05) is 11.4 Å². The van der Waals surface area contributed by atoms with Gasteiger partial charge in [0, 0.05) is 30.7 Å². The number of anilines is 1. The highest BCUT2D eigenvalue weighted by molar-refractivity contribution is 8.14. The van der Waals surface area contributed by atoms with E-state index in [1.54, 1.807) is 0 Å². The van der Waals surface area contributed by atoms with Crippen molar-refractivity contribution in [3.05, 3.63) is 21.6 Å². The molecule has 1 aromatic heterocycles. The average molecular weight is 307 g/mol. The molecule has 2 aliphatic rings. The standard InChI is InChI=1S/C14H17N3O3S/c1-8(18)21-9-6-12(19)17(7-9)14-15-11-5-3-2-4-10(11)13(20)16-14/h9H,2-7H2,1H3,(H,15,16,20). The maximum atomic E-state index is 12.1. The third-order valence-corrected chi connectivity index (χ3v) is 4.84. The molecule has 0 aromatic carbocycles. The number of nitrogens with zero attached hydrogens (tertiary/aromatic N) is 2. The summed E-state index contributed by atoms with van der Waals surface area (Å²) in [4.78, 5) is 44.1. The first-order chi connectivity index (χ1) is 10.0. The zero-order valence-corrected chi connectivity index (χ0v) is 12.7. The van der Waals surface area contributed by atoms with Crippen molar-refractivity contribution >= 4 is 28.7 Å². The summed E-state index contributed by atoms with van der Waals surface area (Å²) < 4.78 is 0. The van der Waals surface area contributed by atoms with Crippen molar-refractivity contribution in [3.8, 4) is 0 Å². The van der Waals surface area contributed by atoms with Crippen LogP contribution in [0.4, 0.5) is 5.95 Å². The van der Waals surface area contributed by atoms with E-state index in [1.807, 2.05) is 0 Å². The van der Waals surface area contributed by atoms with Crippen LogP contribution in [0, 0.1) is 0 Å². The van der Waals surface area contributed by atoms with Gasteiger partial charge in [0.2, 0.25) is 11.9 Å². The molecule has 7 heteroatoms. The Labute approximate surface area is 126 Å². The predicted molar refractivity (Wildman–Crippen MR) is 80.5 cm³/mol. The Morgan fingerprint density at radius 2 is 2.10 bits per heavy atom. The molecule has 1 N–H and O–H groups in total. The molecule has 1 amide bonds. The number of aromatic nitrogens is 2. The Balaban J connectivity index is 1.87. The summed E-state index contributed by atoms with van der Waals surface area (Å²) in [5.74, 6) is 0.241. The van der Waals surface area contributed by atoms with Crippen LogP contribution in [0.25, 0.3) is 0 Å². The summed E-state index contributed by atoms with van der Waals surface area (Å²) in [6.07, 6.45) is 3.90. The van der Waals surface area contributed by atoms with E-state index in [1.165, 1.54) is 23.6 Å². The lowest BCUT2D eigenvalue weighted by Gasteiger charge is -2.19. The molecule has 0 saturated carbocycles. The van der Waals surface area contributed by atoms with Gasteiger partial charge in [-0.1, -0.05) is 11.8 Å². The molecule has 1 saturated heterocycles. The normalized spacial score (nSPS) is 21.5. The van der Waals surface area contributed by atoms with Gasteiger partial charge in [0.15, 0.2) is 5.12 Å². The Hall–Kier alpha value is -1.63. The summed E-state index contributed by atoms with van der Waals surface area (Å²) in [7, 11) is 0. The number of nitrogens with one attached hydrogen (secondary N) is 1. The predicted octanol–water partition coefficient (Wildman–Crippen LogP) is 1.03. The molecule has 1 aliphatic heterocycles. The van der Waals surface area contributed by atoms with Crippen molar-refractivity contribution in [1.82, 2.24) is 9.97 Å². The van der Waals surface area contributed by atoms with Gasteiger partial charge in [0.25, 0.3) is 5.56 Å². The number of rotatable bonds is 2. The van der Waals surface area contributed by atoms with Gasteiger partial charge in [0.05, 0.1) is 5.69 Å². The fourth-order valence-corrected chi connectivity index (χ4v) is 3.83. The van der Waals surface area contributed by atoms with Gasteiger partial charge in [-0.25, -0.2) is 4.98 Å². The Morgan fingerprint density at radius 1 is 1.33 bits per heavy atom. The van der Waals surface area contributed by atoms with Crippen LogP contribution in [0.5, 0.6) is 0 Å². The van der Waals surface area contributed by atoms with Crippen molar-refractivity contribution in [2.24, 2.45) is 0 Å². The van der Waals surface area contributed by atoms with E-state index < -0.39 is 0 Å². The maximum Gasteiger partial charge on any atom is 0.255 e. The fraction of sp³-hybridized carbons (Fsp3) is 0.571. The summed E-state index contributed by atoms with van der Waals surface area (Å²) in [6.45, 7) is 1.92. The first-order valence-electron chi connectivity index (χ1n) is 7.14. The second-order valence-electron chi connectivity index (χ2n) is 5.46. The number of fused-ring (bicyclic) bond motifs is 1. The Morgan fingerprint density at radius 3 is 2.86 bits per heavy atom. The molecule has 1 aromatic rings. The smallest absolute Gasteiger partial charge is 0.255 e. The first-order valence-corrected chi connectivity index (χ1v) is 8.02. The quantitative estimate of drug-likeness (QED) is 0.882. The van der Waals surface area contributed by atoms with E-state index in [0.29, 0.717) is 18.9 Å². The van der Waals surface area contributed by atoms with Crippen LogP contribution in [0.2, 0.25) is 0 Å². The van der Waals surface area contributed by atoms with Gasteiger partial charge >= 0.3 is 0 Å². The Bertz CT molecular complexity index is 655. The number of carbonyl (C=O) groups is 2. The van der Waals surface area contributed by atoms with Gasteiger partial charge in [-0.05, 0) is 25.7 Å². The zero-order valence-electron chi connectivity index (χ0n) is 11.8. The number of amides is 1. The van der Waals surface area contributed by atoms with Crippen LogP contribution in [0.15, 0.2) is 4.79 Å². The van der Waals surface area contributed by atoms with E-state index in [4.69, 9.17) is 0 Å². The van der Waals surface area contributed by atoms with E-state index in [-0.39, 0.29) is 21.8 Å². The van der Waals surface area contributed by atoms with Crippen molar-refractivity contribution in [3.63, 3.8) is 0 Å². The van der Waals surface area contributed by atoms with Crippen LogP contribution in [0.3, 0.4) is 0 Å². The van der Waals surface area contributed by atoms with Crippen LogP contribution in [-0.2, 0) is 22.4 Å². The number of hydrogen-bond acceptors (Lipinski definition) is 5. The number of H-pyrrole nitrogens is 1. The van der Waals surface area contributed by atoms with Crippen LogP contribution in [-0.4, -0.2) is 32.8 Å². The largest absolute Gasteiger partial charge is 0.292 e. The maximum absolute atomic E-state index is 12.1. The van der Waals surface area contributed by atoms with Crippen LogP contribution < -0.4 is 10.5 Å². The van der Waals surface area contributed by atoms with E-state index in [0.717, 1.165) is 36.9 Å². The average Bonchev–Trinajstić information content (AvgIpc) is 2.78. The minimum absolute atomic E-state index is 0.00143. The summed E-state index contributed by atoms with van der Waals surface area (Å²) in [5.41, 5.74) is 1.44. The fourth-order valence-electron chi connectivity index (χ4n) is 2.91. The lowest BCUT2D eigenvalue weighted by atomic mass is 9.97. The molecule has 0 radical (unpaired) electrons. The number of thioether (sulfide) groups is 1. The summed E-state index contributed by atoms with van der Waals surface area (Å²) in [6, 6.07) is 0. The van der Waals surface area contributed by atoms with Crippen molar-refractivity contribution in [2.45, 2.75) is 44.3 Å². The molecule has 112 valence electrons. The molecular formula is C14H17N3O3S. The first kappa shape index (κ1) is 14.3. The van der Waals surface area contributed by atoms with Gasteiger partial charge in [-0.2, -0.15) is 0 Å². The molecule has 3 rings (SSSR count). The van der Waals surface area contributed by atoms with Gasteiger partial charge in [-0.3, -0.25) is 24.3 Å². The van der Waals surface area contributed by atoms with Gasteiger partial charge in [-0.15, -0.1) is 0 Å². The van der Waals surface area contributed by atoms with E-state index in [2.05, 4.69) is 9.97 Å². The van der Waals surface area contributed by atoms with E-state index in [9.17, 15) is 14.4 Å². The number of aromatic amines is 1. The van der Waals surface area contributed by atoms with Crippen molar-refractivity contribution in [1.29, 1.82) is 0 Å². The molecule has 2 heterocycles. The molecule has 1 fully saturated rings. The minimum atomic E-state index is -0.134. The van der Waals surface area contributed by atoms with Crippen molar-refractivity contribution < 1.29 is 9.59 Å². The highest BCUT2D eigenvalue weighted by Gasteiger charge is 2.33. The third-order valence-electron chi connectivity index (χ3n) is 3.86. The Kier molecular flexibility index (Phi) is 3.84. The molecule has 1 aliphatic carbocycles. The molecule has 1 unspecified atom stereocenters. The molecule has 1 atom stereocenters. The summed E-state index contributed by atoms with van der Waals surface area (Å²) >= 11 is 1.18. The zero-order chi connectivity index (χ0) is 15.0. The second kappa shape index (κ2) is 5.63. The van der Waals surface area contributed by atoms with E-state index >= 15 is 0 Å². The molecule has 0 spiro atoms. The SMILES string of the molecule is CC(=O)SC1CC(=O)N(c2nc3c(c(=O)[nH]2)CCCC3)C1. The van der Waals surface area contributed by atoms with Crippen LogP contribution in [0.1, 0.15) is 37.4 Å². The summed E-state index contributed by atoms with van der Waals surface area (Å²) in [5, 5.41) is -0.0575. The number of hydrogen-bond donors (Lipinski definition) is 1. The molecular weight excluding hydrogens is 290 g/mol. The highest BCUT2D eigenvalue weighted by Crippen LogP contribution is 2.27. The van der Waals surface area contributed by atoms with Crippen LogP contribution >= 0.6 is 11.8 Å². The second-order valence-corrected chi connectivity index (χ2v) is 6.94. The molecule has 6 nitrogen and oxygen atoms in total. The lowest BCUT2D eigenvalue weighted by Crippen LogP contribution is -2.31. The lowest BCUT2D eigenvalue weighted by molar-refractivity contribution is -0.117. The number of aryl methyl sites for hydroxylation is 1. The molecule has 21 heavy (non-hydrogen) atoms. The third kappa shape index (κ3) is 2.88. The molecule has 0 bridgehead atoms.